The van der Waals surface area contributed by atoms with E-state index in [0.29, 0.717) is 5.69 Å². The lowest BCUT2D eigenvalue weighted by Gasteiger charge is -2.06. The molecule has 0 unspecified atom stereocenters. The van der Waals surface area contributed by atoms with Gasteiger partial charge in [0.1, 0.15) is 5.69 Å². The molecule has 2 aromatic rings. The van der Waals surface area contributed by atoms with Crippen molar-refractivity contribution < 1.29 is 4.79 Å². The normalized spacial score (nSPS) is 10.4. The summed E-state index contributed by atoms with van der Waals surface area (Å²) in [6, 6.07) is 11.3. The summed E-state index contributed by atoms with van der Waals surface area (Å²) in [6.45, 7) is 2.19. The number of nitrogens with one attached hydrogen (secondary N) is 1. The number of amides is 1. The van der Waals surface area contributed by atoms with Gasteiger partial charge in [-0.2, -0.15) is 0 Å². The summed E-state index contributed by atoms with van der Waals surface area (Å²) in [4.78, 5) is 16.4. The van der Waals surface area contributed by atoms with Crippen molar-refractivity contribution in [2.45, 2.75) is 32.6 Å². The topological polar surface area (TPSA) is 42.0 Å². The van der Waals surface area contributed by atoms with E-state index in [1.165, 1.54) is 24.8 Å². The standard InChI is InChI=1S/C17H19BrN2O/c1-2-3-4-6-13-9-10-16(19-12-13)17(21)20-15-8-5-7-14(18)11-15/h5,7-12H,2-4,6H2,1H3,(H,20,21). The van der Waals surface area contributed by atoms with Crippen LogP contribution in [0, 0.1) is 0 Å². The molecule has 2 rings (SSSR count). The number of pyridine rings is 1. The lowest BCUT2D eigenvalue weighted by molar-refractivity contribution is 0.102. The van der Waals surface area contributed by atoms with Crippen molar-refractivity contribution in [3.63, 3.8) is 0 Å². The van der Waals surface area contributed by atoms with E-state index in [1.807, 2.05) is 30.3 Å². The molecular weight excluding hydrogens is 328 g/mol. The third-order valence-electron chi connectivity index (χ3n) is 3.21. The molecule has 3 nitrogen and oxygen atoms in total. The van der Waals surface area contributed by atoms with Crippen molar-refractivity contribution in [1.82, 2.24) is 4.98 Å². The zero-order valence-corrected chi connectivity index (χ0v) is 13.7. The number of rotatable bonds is 6. The second-order valence-electron chi connectivity index (χ2n) is 4.97. The van der Waals surface area contributed by atoms with Crippen molar-refractivity contribution in [2.24, 2.45) is 0 Å². The van der Waals surface area contributed by atoms with Gasteiger partial charge < -0.3 is 5.32 Å². The molecule has 110 valence electrons. The molecule has 0 bridgehead atoms. The molecule has 1 aromatic heterocycles. The van der Waals surface area contributed by atoms with Crippen LogP contribution in [0.25, 0.3) is 0 Å². The molecule has 0 aliphatic rings. The van der Waals surface area contributed by atoms with E-state index < -0.39 is 0 Å². The monoisotopic (exact) mass is 346 g/mol. The number of nitrogens with zero attached hydrogens (tertiary/aromatic N) is 1. The molecule has 1 N–H and O–H groups in total. The van der Waals surface area contributed by atoms with Gasteiger partial charge in [-0.1, -0.05) is 47.8 Å². The summed E-state index contributed by atoms with van der Waals surface area (Å²) in [7, 11) is 0. The fraction of sp³-hybridized carbons (Fsp3) is 0.294. The van der Waals surface area contributed by atoms with Crippen LogP contribution in [0.2, 0.25) is 0 Å². The van der Waals surface area contributed by atoms with Crippen LogP contribution in [0.4, 0.5) is 5.69 Å². The Labute approximate surface area is 133 Å². The minimum atomic E-state index is -0.187. The van der Waals surface area contributed by atoms with Gasteiger partial charge in [-0.3, -0.25) is 9.78 Å². The predicted octanol–water partition coefficient (Wildman–Crippen LogP) is 4.83. The van der Waals surface area contributed by atoms with Crippen molar-refractivity contribution in [2.75, 3.05) is 5.32 Å². The SMILES string of the molecule is CCCCCc1ccc(C(=O)Nc2cccc(Br)c2)nc1. The molecule has 0 fully saturated rings. The number of anilines is 1. The highest BCUT2D eigenvalue weighted by Crippen LogP contribution is 2.16. The van der Waals surface area contributed by atoms with Crippen LogP contribution in [0.15, 0.2) is 47.1 Å². The number of benzene rings is 1. The minimum absolute atomic E-state index is 0.187. The Morgan fingerprint density at radius 2 is 2.10 bits per heavy atom. The fourth-order valence-corrected chi connectivity index (χ4v) is 2.45. The maximum Gasteiger partial charge on any atom is 0.274 e. The van der Waals surface area contributed by atoms with Crippen LogP contribution in [0.5, 0.6) is 0 Å². The first-order valence-corrected chi connectivity index (χ1v) is 8.00. The summed E-state index contributed by atoms with van der Waals surface area (Å²) in [5, 5.41) is 2.84. The molecule has 0 atom stereocenters. The van der Waals surface area contributed by atoms with Crippen LogP contribution in [-0.4, -0.2) is 10.9 Å². The van der Waals surface area contributed by atoms with Gasteiger partial charge in [0, 0.05) is 16.4 Å². The molecule has 0 saturated carbocycles. The van der Waals surface area contributed by atoms with Crippen molar-refractivity contribution >= 4 is 27.5 Å². The fourth-order valence-electron chi connectivity index (χ4n) is 2.05. The first kappa shape index (κ1) is 15.7. The lowest BCUT2D eigenvalue weighted by Crippen LogP contribution is -2.13. The lowest BCUT2D eigenvalue weighted by atomic mass is 10.1. The van der Waals surface area contributed by atoms with Gasteiger partial charge in [-0.25, -0.2) is 0 Å². The summed E-state index contributed by atoms with van der Waals surface area (Å²) in [5.41, 5.74) is 2.37. The number of carbonyl (C=O) groups is 1. The van der Waals surface area contributed by atoms with E-state index >= 15 is 0 Å². The number of halogens is 1. The Morgan fingerprint density at radius 1 is 1.24 bits per heavy atom. The van der Waals surface area contributed by atoms with E-state index in [9.17, 15) is 4.79 Å². The van der Waals surface area contributed by atoms with Gasteiger partial charge in [-0.15, -0.1) is 0 Å². The van der Waals surface area contributed by atoms with Crippen LogP contribution in [0.1, 0.15) is 42.2 Å². The summed E-state index contributed by atoms with van der Waals surface area (Å²) in [6.07, 6.45) is 6.42. The highest BCUT2D eigenvalue weighted by Gasteiger charge is 2.07. The van der Waals surface area contributed by atoms with Gasteiger partial charge in [0.25, 0.3) is 5.91 Å². The number of aromatic nitrogens is 1. The highest BCUT2D eigenvalue weighted by atomic mass is 79.9. The molecule has 0 saturated heterocycles. The van der Waals surface area contributed by atoms with Gasteiger partial charge in [-0.05, 0) is 42.7 Å². The van der Waals surface area contributed by atoms with Crippen LogP contribution < -0.4 is 5.32 Å². The minimum Gasteiger partial charge on any atom is -0.321 e. The quantitative estimate of drug-likeness (QED) is 0.761. The van der Waals surface area contributed by atoms with Gasteiger partial charge in [0.15, 0.2) is 0 Å². The van der Waals surface area contributed by atoms with Crippen LogP contribution in [-0.2, 0) is 6.42 Å². The Bertz CT molecular complexity index is 596. The zero-order chi connectivity index (χ0) is 15.1. The molecule has 0 spiro atoms. The summed E-state index contributed by atoms with van der Waals surface area (Å²) < 4.78 is 0.930. The molecule has 1 aromatic carbocycles. The number of unbranched alkanes of at least 4 members (excludes halogenated alkanes) is 2. The summed E-state index contributed by atoms with van der Waals surface area (Å²) in [5.74, 6) is -0.187. The Balaban J connectivity index is 1.96. The first-order valence-electron chi connectivity index (χ1n) is 7.21. The smallest absolute Gasteiger partial charge is 0.274 e. The Kier molecular flexibility index (Phi) is 5.93. The Morgan fingerprint density at radius 3 is 2.76 bits per heavy atom. The molecule has 1 amide bonds. The highest BCUT2D eigenvalue weighted by molar-refractivity contribution is 9.10. The average Bonchev–Trinajstić information content (AvgIpc) is 2.48. The van der Waals surface area contributed by atoms with Crippen LogP contribution >= 0.6 is 15.9 Å². The van der Waals surface area contributed by atoms with E-state index in [1.54, 1.807) is 12.3 Å². The van der Waals surface area contributed by atoms with E-state index in [0.717, 1.165) is 16.6 Å². The number of hydrogen-bond acceptors (Lipinski definition) is 2. The Hall–Kier alpha value is -1.68. The maximum atomic E-state index is 12.1. The molecule has 1 heterocycles. The van der Waals surface area contributed by atoms with E-state index in [-0.39, 0.29) is 5.91 Å². The van der Waals surface area contributed by atoms with Crippen molar-refractivity contribution in [3.05, 3.63) is 58.3 Å². The molecule has 0 radical (unpaired) electrons. The van der Waals surface area contributed by atoms with Gasteiger partial charge >= 0.3 is 0 Å². The van der Waals surface area contributed by atoms with Crippen molar-refractivity contribution in [1.29, 1.82) is 0 Å². The number of carbonyl (C=O) groups excluding carboxylic acids is 1. The number of hydrogen-bond donors (Lipinski definition) is 1. The van der Waals surface area contributed by atoms with Gasteiger partial charge in [0.05, 0.1) is 0 Å². The largest absolute Gasteiger partial charge is 0.321 e. The molecule has 0 aliphatic heterocycles. The van der Waals surface area contributed by atoms with Crippen LogP contribution in [0.3, 0.4) is 0 Å². The third kappa shape index (κ3) is 4.97. The predicted molar refractivity (Wildman–Crippen MR) is 89.6 cm³/mol. The molecular formula is C17H19BrN2O. The number of aryl methyl sites for hydroxylation is 1. The second kappa shape index (κ2) is 7.93. The second-order valence-corrected chi connectivity index (χ2v) is 5.89. The third-order valence-corrected chi connectivity index (χ3v) is 3.70. The molecule has 0 aliphatic carbocycles. The zero-order valence-electron chi connectivity index (χ0n) is 12.1. The first-order chi connectivity index (χ1) is 10.2. The van der Waals surface area contributed by atoms with E-state index in [2.05, 4.69) is 33.2 Å². The molecule has 4 heteroatoms. The van der Waals surface area contributed by atoms with Gasteiger partial charge in [0.2, 0.25) is 0 Å². The summed E-state index contributed by atoms with van der Waals surface area (Å²) >= 11 is 3.38. The molecule has 21 heavy (non-hydrogen) atoms. The van der Waals surface area contributed by atoms with Crippen molar-refractivity contribution in [3.8, 4) is 0 Å². The average molecular weight is 347 g/mol. The maximum absolute atomic E-state index is 12.1. The van der Waals surface area contributed by atoms with E-state index in [4.69, 9.17) is 0 Å².